The fourth-order valence-electron chi connectivity index (χ4n) is 1.54. The van der Waals surface area contributed by atoms with E-state index in [4.69, 9.17) is 0 Å². The van der Waals surface area contributed by atoms with E-state index in [1.54, 1.807) is 11.9 Å². The van der Waals surface area contributed by atoms with Gasteiger partial charge in [-0.2, -0.15) is 0 Å². The van der Waals surface area contributed by atoms with Crippen molar-refractivity contribution in [2.45, 2.75) is 6.42 Å². The van der Waals surface area contributed by atoms with Crippen LogP contribution in [0.4, 0.5) is 5.69 Å². The molecule has 1 aromatic rings. The number of hydrogen-bond donors (Lipinski definition) is 1. The zero-order chi connectivity index (χ0) is 13.7. The number of carbonyl (C=O) groups is 1. The van der Waals surface area contributed by atoms with E-state index in [1.807, 2.05) is 19.0 Å². The number of nitrogens with one attached hydrogen (secondary N) is 1. The molecule has 1 rings (SSSR count). The fraction of sp³-hybridized carbons (Fsp3) is 0.545. The Morgan fingerprint density at radius 2 is 2.06 bits per heavy atom. The zero-order valence-corrected chi connectivity index (χ0v) is 10.8. The van der Waals surface area contributed by atoms with Crippen molar-refractivity contribution in [3.8, 4) is 0 Å². The average molecular weight is 254 g/mol. The second-order valence-corrected chi connectivity index (χ2v) is 4.41. The highest BCUT2D eigenvalue weighted by Gasteiger charge is 2.17. The van der Waals surface area contributed by atoms with Crippen LogP contribution in [0, 0.1) is 10.1 Å². The Balaban J connectivity index is 2.54. The van der Waals surface area contributed by atoms with E-state index in [0.29, 0.717) is 6.54 Å². The number of H-pyrrole nitrogens is 1. The molecule has 7 heteroatoms. The third-order valence-electron chi connectivity index (χ3n) is 2.55. The third-order valence-corrected chi connectivity index (χ3v) is 2.55. The Bertz CT molecular complexity index is 428. The Kier molecular flexibility index (Phi) is 4.85. The van der Waals surface area contributed by atoms with Crippen LogP contribution in [0.3, 0.4) is 0 Å². The Hall–Kier alpha value is -1.89. The molecule has 0 atom stereocenters. The van der Waals surface area contributed by atoms with Crippen LogP contribution in [0.25, 0.3) is 0 Å². The van der Waals surface area contributed by atoms with Crippen molar-refractivity contribution < 1.29 is 9.72 Å². The summed E-state index contributed by atoms with van der Waals surface area (Å²) in [6.45, 7) is 1.51. The molecule has 1 aromatic heterocycles. The molecule has 0 saturated heterocycles. The van der Waals surface area contributed by atoms with Gasteiger partial charge in [0.05, 0.1) is 11.1 Å². The van der Waals surface area contributed by atoms with Crippen LogP contribution in [0.15, 0.2) is 12.3 Å². The SMILES string of the molecule is CN(C)CCCN(C)C(=O)c1cc([N+](=O)[O-])c[nH]1. The van der Waals surface area contributed by atoms with Gasteiger partial charge in [0.2, 0.25) is 0 Å². The van der Waals surface area contributed by atoms with Gasteiger partial charge in [-0.05, 0) is 27.1 Å². The van der Waals surface area contributed by atoms with Gasteiger partial charge in [-0.1, -0.05) is 0 Å². The fourth-order valence-corrected chi connectivity index (χ4v) is 1.54. The van der Waals surface area contributed by atoms with Gasteiger partial charge in [-0.25, -0.2) is 0 Å². The smallest absolute Gasteiger partial charge is 0.287 e. The maximum atomic E-state index is 11.9. The van der Waals surface area contributed by atoms with Crippen molar-refractivity contribution in [2.24, 2.45) is 0 Å². The zero-order valence-electron chi connectivity index (χ0n) is 10.8. The van der Waals surface area contributed by atoms with Gasteiger partial charge in [0, 0.05) is 19.7 Å². The predicted octanol–water partition coefficient (Wildman–Crippen LogP) is 0.947. The molecule has 0 aromatic carbocycles. The second kappa shape index (κ2) is 6.15. The molecular weight excluding hydrogens is 236 g/mol. The highest BCUT2D eigenvalue weighted by atomic mass is 16.6. The Morgan fingerprint density at radius 3 is 2.56 bits per heavy atom. The van der Waals surface area contributed by atoms with Gasteiger partial charge in [0.25, 0.3) is 11.6 Å². The molecule has 0 radical (unpaired) electrons. The van der Waals surface area contributed by atoms with E-state index in [-0.39, 0.29) is 17.3 Å². The molecule has 7 nitrogen and oxygen atoms in total. The van der Waals surface area contributed by atoms with E-state index in [0.717, 1.165) is 13.0 Å². The summed E-state index contributed by atoms with van der Waals surface area (Å²) in [5.41, 5.74) is 0.147. The molecule has 0 aliphatic heterocycles. The third kappa shape index (κ3) is 3.85. The van der Waals surface area contributed by atoms with Crippen molar-refractivity contribution in [1.29, 1.82) is 0 Å². The summed E-state index contributed by atoms with van der Waals surface area (Å²) < 4.78 is 0. The molecule has 100 valence electrons. The number of nitro groups is 1. The van der Waals surface area contributed by atoms with Crippen molar-refractivity contribution in [1.82, 2.24) is 14.8 Å². The molecule has 0 bridgehead atoms. The number of hydrogen-bond acceptors (Lipinski definition) is 4. The van der Waals surface area contributed by atoms with Gasteiger partial charge in [0.15, 0.2) is 0 Å². The van der Waals surface area contributed by atoms with Crippen molar-refractivity contribution in [3.05, 3.63) is 28.1 Å². The highest BCUT2D eigenvalue weighted by Crippen LogP contribution is 2.13. The van der Waals surface area contributed by atoms with Crippen LogP contribution >= 0.6 is 0 Å². The van der Waals surface area contributed by atoms with Gasteiger partial charge in [-0.3, -0.25) is 14.9 Å². The topological polar surface area (TPSA) is 82.5 Å². The predicted molar refractivity (Wildman–Crippen MR) is 67.6 cm³/mol. The maximum absolute atomic E-state index is 11.9. The van der Waals surface area contributed by atoms with Crippen molar-refractivity contribution in [2.75, 3.05) is 34.2 Å². The molecule has 0 saturated carbocycles. The van der Waals surface area contributed by atoms with Crippen LogP contribution in [0.2, 0.25) is 0 Å². The molecule has 0 unspecified atom stereocenters. The summed E-state index contributed by atoms with van der Waals surface area (Å²) in [6.07, 6.45) is 2.08. The first kappa shape index (κ1) is 14.2. The lowest BCUT2D eigenvalue weighted by molar-refractivity contribution is -0.384. The minimum Gasteiger partial charge on any atom is -0.351 e. The van der Waals surface area contributed by atoms with Gasteiger partial charge >= 0.3 is 0 Å². The van der Waals surface area contributed by atoms with Gasteiger partial charge < -0.3 is 14.8 Å². The standard InChI is InChI=1S/C11H18N4O3/c1-13(2)5-4-6-14(3)11(16)10-7-9(8-12-10)15(17)18/h7-8,12H,4-6H2,1-3H3. The van der Waals surface area contributed by atoms with E-state index < -0.39 is 4.92 Å². The normalized spacial score (nSPS) is 10.7. The minimum absolute atomic E-state index is 0.0972. The quantitative estimate of drug-likeness (QED) is 0.605. The molecule has 1 heterocycles. The lowest BCUT2D eigenvalue weighted by atomic mass is 10.3. The minimum atomic E-state index is -0.528. The number of aromatic nitrogens is 1. The van der Waals surface area contributed by atoms with E-state index >= 15 is 0 Å². The molecule has 0 aliphatic carbocycles. The first-order valence-corrected chi connectivity index (χ1v) is 5.65. The largest absolute Gasteiger partial charge is 0.351 e. The molecular formula is C11H18N4O3. The number of rotatable bonds is 6. The summed E-state index contributed by atoms with van der Waals surface area (Å²) in [7, 11) is 5.62. The Morgan fingerprint density at radius 1 is 1.39 bits per heavy atom. The van der Waals surface area contributed by atoms with Crippen LogP contribution in [-0.2, 0) is 0 Å². The molecule has 0 fully saturated rings. The second-order valence-electron chi connectivity index (χ2n) is 4.41. The molecule has 1 N–H and O–H groups in total. The molecule has 1 amide bonds. The molecule has 18 heavy (non-hydrogen) atoms. The number of amides is 1. The lowest BCUT2D eigenvalue weighted by Gasteiger charge is -2.17. The van der Waals surface area contributed by atoms with Crippen LogP contribution < -0.4 is 0 Å². The number of carbonyl (C=O) groups excluding carboxylic acids is 1. The summed E-state index contributed by atoms with van der Waals surface area (Å²) in [4.78, 5) is 28.1. The summed E-state index contributed by atoms with van der Waals surface area (Å²) in [6, 6.07) is 1.25. The van der Waals surface area contributed by atoms with E-state index in [1.165, 1.54) is 12.3 Å². The monoisotopic (exact) mass is 254 g/mol. The first-order chi connectivity index (χ1) is 8.41. The van der Waals surface area contributed by atoms with Crippen molar-refractivity contribution in [3.63, 3.8) is 0 Å². The first-order valence-electron chi connectivity index (χ1n) is 5.65. The van der Waals surface area contributed by atoms with Crippen LogP contribution in [0.5, 0.6) is 0 Å². The van der Waals surface area contributed by atoms with E-state index in [9.17, 15) is 14.9 Å². The number of aromatic amines is 1. The number of nitrogens with zero attached hydrogens (tertiary/aromatic N) is 3. The average Bonchev–Trinajstić information content (AvgIpc) is 2.76. The summed E-state index contributed by atoms with van der Waals surface area (Å²) in [5.74, 6) is -0.234. The summed E-state index contributed by atoms with van der Waals surface area (Å²) in [5, 5.41) is 10.5. The van der Waals surface area contributed by atoms with E-state index in [2.05, 4.69) is 4.98 Å². The van der Waals surface area contributed by atoms with Crippen molar-refractivity contribution >= 4 is 11.6 Å². The molecule has 0 spiro atoms. The Labute approximate surface area is 106 Å². The highest BCUT2D eigenvalue weighted by molar-refractivity contribution is 5.92. The van der Waals surface area contributed by atoms with Crippen LogP contribution in [-0.4, -0.2) is 59.8 Å². The van der Waals surface area contributed by atoms with Gasteiger partial charge in [-0.15, -0.1) is 0 Å². The van der Waals surface area contributed by atoms with Gasteiger partial charge in [0.1, 0.15) is 5.69 Å². The lowest BCUT2D eigenvalue weighted by Crippen LogP contribution is -2.29. The maximum Gasteiger partial charge on any atom is 0.287 e. The summed E-state index contributed by atoms with van der Waals surface area (Å²) >= 11 is 0. The van der Waals surface area contributed by atoms with Crippen LogP contribution in [0.1, 0.15) is 16.9 Å². The molecule has 0 aliphatic rings.